The largest absolute Gasteiger partial charge is 0.416 e. The summed E-state index contributed by atoms with van der Waals surface area (Å²) in [6.45, 7) is 5.63. The minimum atomic E-state index is -4.35. The summed E-state index contributed by atoms with van der Waals surface area (Å²) in [5.41, 5.74) is -0.200. The summed E-state index contributed by atoms with van der Waals surface area (Å²) >= 11 is 0. The van der Waals surface area contributed by atoms with Crippen LogP contribution in [0.15, 0.2) is 28.8 Å². The summed E-state index contributed by atoms with van der Waals surface area (Å²) in [6.07, 6.45) is -0.541. The lowest BCUT2D eigenvalue weighted by molar-refractivity contribution is -0.137. The molecular formula is C18H23F3N4O. The van der Waals surface area contributed by atoms with Crippen molar-refractivity contribution in [2.45, 2.75) is 44.9 Å². The van der Waals surface area contributed by atoms with Crippen LogP contribution in [0.5, 0.6) is 0 Å². The lowest BCUT2D eigenvalue weighted by atomic mass is 10.0. The molecule has 5 nitrogen and oxygen atoms in total. The fourth-order valence-corrected chi connectivity index (χ4v) is 3.16. The van der Waals surface area contributed by atoms with Crippen LogP contribution in [0.4, 0.5) is 13.2 Å². The first-order chi connectivity index (χ1) is 12.4. The lowest BCUT2D eigenvalue weighted by Gasteiger charge is -2.33. The number of nitrogens with one attached hydrogen (secondary N) is 1. The van der Waals surface area contributed by atoms with Crippen LogP contribution >= 0.6 is 0 Å². The second-order valence-corrected chi connectivity index (χ2v) is 6.64. The first-order valence-electron chi connectivity index (χ1n) is 8.88. The van der Waals surface area contributed by atoms with E-state index in [9.17, 15) is 13.2 Å². The van der Waals surface area contributed by atoms with Crippen molar-refractivity contribution >= 4 is 0 Å². The van der Waals surface area contributed by atoms with Crippen LogP contribution in [-0.2, 0) is 12.7 Å². The quantitative estimate of drug-likeness (QED) is 0.788. The van der Waals surface area contributed by atoms with Gasteiger partial charge in [0.05, 0.1) is 12.1 Å². The molecule has 1 fully saturated rings. The van der Waals surface area contributed by atoms with E-state index >= 15 is 0 Å². The first-order valence-corrected chi connectivity index (χ1v) is 8.88. The number of alkyl halides is 3. The van der Waals surface area contributed by atoms with E-state index in [2.05, 4.69) is 27.3 Å². The molecule has 0 bridgehead atoms. The molecule has 0 spiro atoms. The molecule has 2 heterocycles. The third-order valence-corrected chi connectivity index (χ3v) is 4.73. The fourth-order valence-electron chi connectivity index (χ4n) is 3.16. The average Bonchev–Trinajstić information content (AvgIpc) is 3.08. The van der Waals surface area contributed by atoms with Gasteiger partial charge in [0.1, 0.15) is 0 Å². The van der Waals surface area contributed by atoms with Gasteiger partial charge in [0.15, 0.2) is 0 Å². The lowest BCUT2D eigenvalue weighted by Crippen LogP contribution is -2.41. The molecule has 1 N–H and O–H groups in total. The van der Waals surface area contributed by atoms with Gasteiger partial charge < -0.3 is 9.84 Å². The molecule has 1 saturated heterocycles. The maximum atomic E-state index is 12.6. The average molecular weight is 368 g/mol. The number of benzene rings is 1. The molecule has 26 heavy (non-hydrogen) atoms. The minimum Gasteiger partial charge on any atom is -0.338 e. The van der Waals surface area contributed by atoms with Gasteiger partial charge in [-0.3, -0.25) is 4.90 Å². The Morgan fingerprint density at radius 3 is 2.69 bits per heavy atom. The molecular weight excluding hydrogens is 345 g/mol. The van der Waals surface area contributed by atoms with Crippen LogP contribution in [0, 0.1) is 0 Å². The third-order valence-electron chi connectivity index (χ3n) is 4.73. The van der Waals surface area contributed by atoms with Gasteiger partial charge in [-0.1, -0.05) is 23.7 Å². The smallest absolute Gasteiger partial charge is 0.338 e. The first kappa shape index (κ1) is 18.8. The maximum Gasteiger partial charge on any atom is 0.416 e. The van der Waals surface area contributed by atoms with Crippen molar-refractivity contribution in [1.82, 2.24) is 20.4 Å². The number of hydrogen-bond acceptors (Lipinski definition) is 5. The van der Waals surface area contributed by atoms with Gasteiger partial charge in [0.25, 0.3) is 0 Å². The maximum absolute atomic E-state index is 12.6. The van der Waals surface area contributed by atoms with Gasteiger partial charge in [-0.2, -0.15) is 18.2 Å². The van der Waals surface area contributed by atoms with E-state index in [0.717, 1.165) is 31.8 Å². The molecule has 3 rings (SSSR count). The molecule has 1 atom stereocenters. The number of likely N-dealkylation sites (tertiary alicyclic amines) is 1. The van der Waals surface area contributed by atoms with E-state index in [1.54, 1.807) is 0 Å². The monoisotopic (exact) mass is 368 g/mol. The van der Waals surface area contributed by atoms with Crippen molar-refractivity contribution < 1.29 is 17.7 Å². The summed E-state index contributed by atoms with van der Waals surface area (Å²) in [4.78, 5) is 6.71. The highest BCUT2D eigenvalue weighted by atomic mass is 19.4. The summed E-state index contributed by atoms with van der Waals surface area (Å²) < 4.78 is 43.0. The van der Waals surface area contributed by atoms with Crippen molar-refractivity contribution in [3.05, 3.63) is 35.7 Å². The molecule has 142 valence electrons. The van der Waals surface area contributed by atoms with E-state index in [0.29, 0.717) is 29.9 Å². The molecule has 0 saturated carbocycles. The van der Waals surface area contributed by atoms with E-state index in [-0.39, 0.29) is 0 Å². The minimum absolute atomic E-state index is 0.292. The Hall–Kier alpha value is -1.93. The molecule has 2 aromatic rings. The number of hydrogen-bond donors (Lipinski definition) is 1. The van der Waals surface area contributed by atoms with Crippen molar-refractivity contribution in [2.75, 3.05) is 19.6 Å². The third kappa shape index (κ3) is 4.82. The summed E-state index contributed by atoms with van der Waals surface area (Å²) in [5, 5.41) is 7.12. The summed E-state index contributed by atoms with van der Waals surface area (Å²) in [7, 11) is 0. The number of nitrogens with zero attached hydrogens (tertiary/aromatic N) is 3. The molecule has 1 aromatic carbocycles. The molecule has 1 aliphatic rings. The number of aromatic nitrogens is 2. The highest BCUT2D eigenvalue weighted by molar-refractivity contribution is 5.54. The summed E-state index contributed by atoms with van der Waals surface area (Å²) in [6, 6.07) is 5.36. The zero-order valence-electron chi connectivity index (χ0n) is 14.7. The van der Waals surface area contributed by atoms with Crippen molar-refractivity contribution in [1.29, 1.82) is 0 Å². The highest BCUT2D eigenvalue weighted by Crippen LogP contribution is 2.30. The zero-order chi connectivity index (χ0) is 18.6. The van der Waals surface area contributed by atoms with Gasteiger partial charge in [-0.25, -0.2) is 0 Å². The molecule has 1 unspecified atom stereocenters. The number of piperidine rings is 1. The van der Waals surface area contributed by atoms with E-state index in [4.69, 9.17) is 4.52 Å². The van der Waals surface area contributed by atoms with E-state index in [1.807, 2.05) is 0 Å². The number of halogens is 3. The molecule has 8 heteroatoms. The van der Waals surface area contributed by atoms with Crippen LogP contribution < -0.4 is 5.32 Å². The normalized spacial score (nSPS) is 19.0. The molecule has 1 aromatic heterocycles. The van der Waals surface area contributed by atoms with E-state index < -0.39 is 11.7 Å². The Balaban J connectivity index is 1.48. The standard InChI is InChI=1S/C18H23F3N4O/c1-13-4-2-3-10-25(13)11-9-22-12-16-23-17(24-26-16)14-5-7-15(8-6-14)18(19,20)21/h5-8,13,22H,2-4,9-12H2,1H3. The van der Waals surface area contributed by atoms with Crippen LogP contribution in [0.1, 0.15) is 37.6 Å². The molecule has 1 aliphatic heterocycles. The predicted octanol–water partition coefficient (Wildman–Crippen LogP) is 3.72. The second kappa shape index (κ2) is 8.18. The predicted molar refractivity (Wildman–Crippen MR) is 91.3 cm³/mol. The molecule has 0 radical (unpaired) electrons. The van der Waals surface area contributed by atoms with Crippen molar-refractivity contribution in [3.63, 3.8) is 0 Å². The van der Waals surface area contributed by atoms with Crippen LogP contribution in [-0.4, -0.2) is 40.7 Å². The van der Waals surface area contributed by atoms with Crippen LogP contribution in [0.3, 0.4) is 0 Å². The van der Waals surface area contributed by atoms with Gasteiger partial charge in [0.2, 0.25) is 11.7 Å². The Kier molecular flexibility index (Phi) is 5.93. The van der Waals surface area contributed by atoms with Gasteiger partial charge in [0, 0.05) is 24.7 Å². The van der Waals surface area contributed by atoms with Gasteiger partial charge >= 0.3 is 6.18 Å². The van der Waals surface area contributed by atoms with Crippen LogP contribution in [0.25, 0.3) is 11.4 Å². The zero-order valence-corrected chi connectivity index (χ0v) is 14.7. The van der Waals surface area contributed by atoms with E-state index in [1.165, 1.54) is 31.4 Å². The summed E-state index contributed by atoms with van der Waals surface area (Å²) in [5.74, 6) is 0.715. The van der Waals surface area contributed by atoms with Crippen molar-refractivity contribution in [3.8, 4) is 11.4 Å². The highest BCUT2D eigenvalue weighted by Gasteiger charge is 2.30. The SMILES string of the molecule is CC1CCCCN1CCNCc1nc(-c2ccc(C(F)(F)F)cc2)no1. The van der Waals surface area contributed by atoms with Crippen LogP contribution in [0.2, 0.25) is 0 Å². The Labute approximate surface area is 150 Å². The van der Waals surface area contributed by atoms with Crippen molar-refractivity contribution in [2.24, 2.45) is 0 Å². The molecule has 0 aliphatic carbocycles. The topological polar surface area (TPSA) is 54.2 Å². The van der Waals surface area contributed by atoms with Gasteiger partial charge in [-0.15, -0.1) is 0 Å². The fraction of sp³-hybridized carbons (Fsp3) is 0.556. The number of rotatable bonds is 6. The molecule has 0 amide bonds. The Morgan fingerprint density at radius 1 is 1.23 bits per heavy atom. The Bertz CT molecular complexity index is 699. The van der Waals surface area contributed by atoms with Gasteiger partial charge in [-0.05, 0) is 38.4 Å². The Morgan fingerprint density at radius 2 is 2.00 bits per heavy atom. The second-order valence-electron chi connectivity index (χ2n) is 6.64.